The van der Waals surface area contributed by atoms with Gasteiger partial charge in [0.05, 0.1) is 6.04 Å². The van der Waals surface area contributed by atoms with Gasteiger partial charge in [0.1, 0.15) is 5.82 Å². The SMILES string of the molecule is Cc1cc(Br)ccc1C(NN)c1c(C)ccnc1N. The Balaban J connectivity index is 2.56. The van der Waals surface area contributed by atoms with Crippen molar-refractivity contribution in [1.82, 2.24) is 10.4 Å². The molecule has 0 aliphatic rings. The van der Waals surface area contributed by atoms with E-state index < -0.39 is 0 Å². The second-order valence-electron chi connectivity index (χ2n) is 4.53. The molecule has 0 aliphatic heterocycles. The lowest BCUT2D eigenvalue weighted by Gasteiger charge is -2.22. The Kier molecular flexibility index (Phi) is 4.19. The lowest BCUT2D eigenvalue weighted by Crippen LogP contribution is -2.30. The van der Waals surface area contributed by atoms with Crippen molar-refractivity contribution in [1.29, 1.82) is 0 Å². The highest BCUT2D eigenvalue weighted by Crippen LogP contribution is 2.30. The Hall–Kier alpha value is -1.43. The summed E-state index contributed by atoms with van der Waals surface area (Å²) >= 11 is 3.46. The van der Waals surface area contributed by atoms with Crippen molar-refractivity contribution in [3.63, 3.8) is 0 Å². The molecule has 0 fully saturated rings. The average Bonchev–Trinajstić information content (AvgIpc) is 2.35. The molecule has 100 valence electrons. The number of nitrogen functional groups attached to an aromatic ring is 1. The molecule has 2 rings (SSSR count). The summed E-state index contributed by atoms with van der Waals surface area (Å²) in [5.41, 5.74) is 13.1. The first kappa shape index (κ1) is 14.0. The van der Waals surface area contributed by atoms with E-state index in [9.17, 15) is 0 Å². The van der Waals surface area contributed by atoms with Crippen LogP contribution in [0.4, 0.5) is 5.82 Å². The largest absolute Gasteiger partial charge is 0.383 e. The van der Waals surface area contributed by atoms with Gasteiger partial charge in [0.15, 0.2) is 0 Å². The molecule has 19 heavy (non-hydrogen) atoms. The number of pyridine rings is 1. The van der Waals surface area contributed by atoms with Crippen LogP contribution in [0.2, 0.25) is 0 Å². The maximum atomic E-state index is 6.00. The second-order valence-corrected chi connectivity index (χ2v) is 5.44. The van der Waals surface area contributed by atoms with E-state index in [4.69, 9.17) is 11.6 Å². The molecule has 4 nitrogen and oxygen atoms in total. The van der Waals surface area contributed by atoms with Gasteiger partial charge in [0.2, 0.25) is 0 Å². The van der Waals surface area contributed by atoms with Crippen molar-refractivity contribution in [2.24, 2.45) is 5.84 Å². The second kappa shape index (κ2) is 5.69. The minimum atomic E-state index is -0.165. The highest BCUT2D eigenvalue weighted by molar-refractivity contribution is 9.10. The number of hydrogen-bond acceptors (Lipinski definition) is 4. The number of nitrogens with zero attached hydrogens (tertiary/aromatic N) is 1. The van der Waals surface area contributed by atoms with E-state index in [0.717, 1.165) is 26.7 Å². The predicted molar refractivity (Wildman–Crippen MR) is 81.4 cm³/mol. The molecular formula is C14H17BrN4. The molecule has 0 saturated heterocycles. The molecular weight excluding hydrogens is 304 g/mol. The van der Waals surface area contributed by atoms with Crippen LogP contribution in [-0.2, 0) is 0 Å². The number of benzene rings is 1. The summed E-state index contributed by atoms with van der Waals surface area (Å²) in [6.07, 6.45) is 1.70. The zero-order valence-electron chi connectivity index (χ0n) is 10.9. The molecule has 0 radical (unpaired) electrons. The molecule has 5 heteroatoms. The van der Waals surface area contributed by atoms with E-state index in [1.807, 2.05) is 32.0 Å². The minimum absolute atomic E-state index is 0.165. The fraction of sp³-hybridized carbons (Fsp3) is 0.214. The molecule has 1 aromatic carbocycles. The highest BCUT2D eigenvalue weighted by atomic mass is 79.9. The summed E-state index contributed by atoms with van der Waals surface area (Å²) in [4.78, 5) is 4.15. The van der Waals surface area contributed by atoms with Gasteiger partial charge in [0, 0.05) is 16.2 Å². The van der Waals surface area contributed by atoms with Gasteiger partial charge in [0.25, 0.3) is 0 Å². The molecule has 1 atom stereocenters. The van der Waals surface area contributed by atoms with E-state index >= 15 is 0 Å². The molecule has 0 amide bonds. The van der Waals surface area contributed by atoms with Gasteiger partial charge in [-0.3, -0.25) is 5.84 Å². The van der Waals surface area contributed by atoms with Crippen molar-refractivity contribution < 1.29 is 0 Å². The molecule has 1 unspecified atom stereocenters. The average molecular weight is 321 g/mol. The van der Waals surface area contributed by atoms with Crippen LogP contribution < -0.4 is 17.0 Å². The molecule has 0 aliphatic carbocycles. The van der Waals surface area contributed by atoms with E-state index in [2.05, 4.69) is 32.4 Å². The molecule has 1 heterocycles. The Morgan fingerprint density at radius 2 is 1.95 bits per heavy atom. The first-order valence-electron chi connectivity index (χ1n) is 5.97. The highest BCUT2D eigenvalue weighted by Gasteiger charge is 2.19. The van der Waals surface area contributed by atoms with Crippen LogP contribution in [0.15, 0.2) is 34.9 Å². The number of nitrogens with two attached hydrogens (primary N) is 2. The standard InChI is InChI=1S/C14H17BrN4/c1-8-5-6-18-14(16)12(8)13(19-17)11-4-3-10(15)7-9(11)2/h3-7,13,19H,17H2,1-2H3,(H2,16,18). The zero-order valence-corrected chi connectivity index (χ0v) is 12.5. The number of halogens is 1. The third-order valence-corrected chi connectivity index (χ3v) is 3.73. The molecule has 1 aromatic heterocycles. The van der Waals surface area contributed by atoms with Crippen LogP contribution in [0.1, 0.15) is 28.3 Å². The number of rotatable bonds is 3. The maximum Gasteiger partial charge on any atom is 0.128 e. The van der Waals surface area contributed by atoms with Crippen LogP contribution >= 0.6 is 15.9 Å². The first-order valence-corrected chi connectivity index (χ1v) is 6.77. The topological polar surface area (TPSA) is 77.0 Å². The summed E-state index contributed by atoms with van der Waals surface area (Å²) in [6, 6.07) is 7.86. The summed E-state index contributed by atoms with van der Waals surface area (Å²) < 4.78 is 1.04. The predicted octanol–water partition coefficient (Wildman–Crippen LogP) is 2.60. The third kappa shape index (κ3) is 2.78. The lowest BCUT2D eigenvalue weighted by molar-refractivity contribution is 0.630. The van der Waals surface area contributed by atoms with Crippen molar-refractivity contribution in [2.45, 2.75) is 19.9 Å². The van der Waals surface area contributed by atoms with Crippen molar-refractivity contribution in [3.8, 4) is 0 Å². The van der Waals surface area contributed by atoms with Gasteiger partial charge in [-0.15, -0.1) is 0 Å². The van der Waals surface area contributed by atoms with Gasteiger partial charge in [-0.1, -0.05) is 22.0 Å². The van der Waals surface area contributed by atoms with Crippen LogP contribution in [0, 0.1) is 13.8 Å². The lowest BCUT2D eigenvalue weighted by atomic mass is 9.93. The Labute approximate surface area is 121 Å². The Morgan fingerprint density at radius 3 is 2.53 bits per heavy atom. The molecule has 2 aromatic rings. The number of hydrazine groups is 1. The number of nitrogens with one attached hydrogen (secondary N) is 1. The van der Waals surface area contributed by atoms with Crippen molar-refractivity contribution in [2.75, 3.05) is 5.73 Å². The smallest absolute Gasteiger partial charge is 0.128 e. The van der Waals surface area contributed by atoms with E-state index in [1.54, 1.807) is 6.20 Å². The minimum Gasteiger partial charge on any atom is -0.383 e. The number of aryl methyl sites for hydroxylation is 2. The van der Waals surface area contributed by atoms with Crippen LogP contribution in [0.3, 0.4) is 0 Å². The molecule has 5 N–H and O–H groups in total. The normalized spacial score (nSPS) is 12.4. The van der Waals surface area contributed by atoms with Gasteiger partial charge >= 0.3 is 0 Å². The summed E-state index contributed by atoms with van der Waals surface area (Å²) in [5, 5.41) is 0. The van der Waals surface area contributed by atoms with E-state index in [-0.39, 0.29) is 6.04 Å². The number of anilines is 1. The van der Waals surface area contributed by atoms with Gasteiger partial charge in [-0.2, -0.15) is 0 Å². The van der Waals surface area contributed by atoms with Crippen LogP contribution in [0.25, 0.3) is 0 Å². The van der Waals surface area contributed by atoms with Gasteiger partial charge < -0.3 is 5.73 Å². The fourth-order valence-corrected chi connectivity index (χ4v) is 2.73. The Bertz CT molecular complexity index is 578. The van der Waals surface area contributed by atoms with Crippen molar-refractivity contribution in [3.05, 3.63) is 57.2 Å². The molecule has 0 bridgehead atoms. The van der Waals surface area contributed by atoms with E-state index in [0.29, 0.717) is 5.82 Å². The first-order chi connectivity index (χ1) is 9.04. The van der Waals surface area contributed by atoms with Crippen LogP contribution in [-0.4, -0.2) is 4.98 Å². The van der Waals surface area contributed by atoms with Gasteiger partial charge in [-0.05, 0) is 48.7 Å². The van der Waals surface area contributed by atoms with E-state index in [1.165, 1.54) is 0 Å². The monoisotopic (exact) mass is 320 g/mol. The zero-order chi connectivity index (χ0) is 14.0. The molecule has 0 spiro atoms. The third-order valence-electron chi connectivity index (χ3n) is 3.24. The number of hydrogen-bond donors (Lipinski definition) is 3. The fourth-order valence-electron chi connectivity index (χ4n) is 2.26. The van der Waals surface area contributed by atoms with Crippen molar-refractivity contribution >= 4 is 21.7 Å². The number of aromatic nitrogens is 1. The quantitative estimate of drug-likeness (QED) is 0.600. The van der Waals surface area contributed by atoms with Gasteiger partial charge in [-0.25, -0.2) is 10.4 Å². The maximum absolute atomic E-state index is 6.00. The molecule has 0 saturated carbocycles. The van der Waals surface area contributed by atoms with Crippen LogP contribution in [0.5, 0.6) is 0 Å². The Morgan fingerprint density at radius 1 is 1.21 bits per heavy atom. The summed E-state index contributed by atoms with van der Waals surface area (Å²) in [5.74, 6) is 6.24. The summed E-state index contributed by atoms with van der Waals surface area (Å²) in [6.45, 7) is 4.05. The summed E-state index contributed by atoms with van der Waals surface area (Å²) in [7, 11) is 0.